The van der Waals surface area contributed by atoms with E-state index in [1.54, 1.807) is 0 Å². The van der Waals surface area contributed by atoms with Crippen molar-refractivity contribution in [3.8, 4) is 0 Å². The first-order valence-corrected chi connectivity index (χ1v) is 4.58. The van der Waals surface area contributed by atoms with Crippen LogP contribution in [0.4, 0.5) is 13.2 Å². The maximum Gasteiger partial charge on any atom is 0.443 e. The molecule has 1 heterocycles. The first kappa shape index (κ1) is 10.5. The van der Waals surface area contributed by atoms with Gasteiger partial charge in [0.25, 0.3) is 0 Å². The van der Waals surface area contributed by atoms with Crippen LogP contribution >= 0.6 is 11.3 Å². The van der Waals surface area contributed by atoms with Crippen LogP contribution in [0.25, 0.3) is 0 Å². The van der Waals surface area contributed by atoms with Gasteiger partial charge in [0.2, 0.25) is 0 Å². The fourth-order valence-electron chi connectivity index (χ4n) is 0.768. The van der Waals surface area contributed by atoms with Gasteiger partial charge >= 0.3 is 6.18 Å². The lowest BCUT2D eigenvalue weighted by Crippen LogP contribution is -2.10. The number of thiazole rings is 1. The number of alkyl halides is 3. The summed E-state index contributed by atoms with van der Waals surface area (Å²) in [6, 6.07) is 0. The molecule has 0 spiro atoms. The van der Waals surface area contributed by atoms with E-state index in [1.807, 2.05) is 6.92 Å². The van der Waals surface area contributed by atoms with Crippen LogP contribution in [0.1, 0.15) is 16.8 Å². The minimum atomic E-state index is -4.31. The minimum Gasteiger partial charge on any atom is -0.312 e. The molecule has 1 rings (SSSR count). The van der Waals surface area contributed by atoms with Gasteiger partial charge in [0.05, 0.1) is 0 Å². The van der Waals surface area contributed by atoms with Gasteiger partial charge in [-0.25, -0.2) is 4.98 Å². The van der Waals surface area contributed by atoms with Crippen LogP contribution in [0.5, 0.6) is 0 Å². The maximum absolute atomic E-state index is 12.1. The molecule has 74 valence electrons. The second-order valence-corrected chi connectivity index (χ2v) is 3.53. The minimum absolute atomic E-state index is 0.449. The Kier molecular flexibility index (Phi) is 3.27. The molecule has 2 nitrogen and oxygen atoms in total. The zero-order valence-corrected chi connectivity index (χ0v) is 7.80. The third kappa shape index (κ3) is 2.96. The molecule has 0 bridgehead atoms. The molecule has 0 atom stereocenters. The summed E-state index contributed by atoms with van der Waals surface area (Å²) in [5.74, 6) is 0. The third-order valence-electron chi connectivity index (χ3n) is 1.35. The number of hydrogen-bond acceptors (Lipinski definition) is 3. The number of halogens is 3. The monoisotopic (exact) mass is 210 g/mol. The van der Waals surface area contributed by atoms with Crippen molar-refractivity contribution in [3.05, 3.63) is 16.1 Å². The van der Waals surface area contributed by atoms with Gasteiger partial charge in [-0.1, -0.05) is 6.92 Å². The van der Waals surface area contributed by atoms with E-state index in [4.69, 9.17) is 0 Å². The van der Waals surface area contributed by atoms with E-state index in [0.717, 1.165) is 6.54 Å². The van der Waals surface area contributed by atoms with Crippen LogP contribution in [0.15, 0.2) is 6.20 Å². The zero-order valence-electron chi connectivity index (χ0n) is 6.98. The van der Waals surface area contributed by atoms with Gasteiger partial charge in [-0.3, -0.25) is 0 Å². The fraction of sp³-hybridized carbons (Fsp3) is 0.571. The zero-order chi connectivity index (χ0) is 9.90. The molecule has 13 heavy (non-hydrogen) atoms. The molecule has 0 aromatic carbocycles. The first-order chi connectivity index (χ1) is 6.04. The second kappa shape index (κ2) is 4.06. The van der Waals surface area contributed by atoms with E-state index in [1.165, 1.54) is 6.20 Å². The Morgan fingerprint density at radius 2 is 2.23 bits per heavy atom. The SMILES string of the molecule is CCNCc1cnc(C(F)(F)F)s1. The highest BCUT2D eigenvalue weighted by Gasteiger charge is 2.34. The number of aromatic nitrogens is 1. The Hall–Kier alpha value is -0.620. The molecule has 1 N–H and O–H groups in total. The van der Waals surface area contributed by atoms with Crippen molar-refractivity contribution in [1.82, 2.24) is 10.3 Å². The summed E-state index contributed by atoms with van der Waals surface area (Å²) in [5, 5.41) is 2.15. The van der Waals surface area contributed by atoms with E-state index >= 15 is 0 Å². The Balaban J connectivity index is 2.64. The second-order valence-electron chi connectivity index (χ2n) is 2.41. The number of rotatable bonds is 3. The highest BCUT2D eigenvalue weighted by molar-refractivity contribution is 7.11. The summed E-state index contributed by atoms with van der Waals surface area (Å²) in [7, 11) is 0. The predicted octanol–water partition coefficient (Wildman–Crippen LogP) is 2.27. The molecule has 6 heteroatoms. The Morgan fingerprint density at radius 3 is 2.69 bits per heavy atom. The molecule has 0 fully saturated rings. The van der Waals surface area contributed by atoms with Gasteiger partial charge in [-0.15, -0.1) is 11.3 Å². The quantitative estimate of drug-likeness (QED) is 0.827. The molecular formula is C7H9F3N2S. The lowest BCUT2D eigenvalue weighted by molar-refractivity contribution is -0.137. The first-order valence-electron chi connectivity index (χ1n) is 3.76. The van der Waals surface area contributed by atoms with Crippen molar-refractivity contribution in [1.29, 1.82) is 0 Å². The van der Waals surface area contributed by atoms with E-state index in [-0.39, 0.29) is 0 Å². The highest BCUT2D eigenvalue weighted by Crippen LogP contribution is 2.32. The smallest absolute Gasteiger partial charge is 0.312 e. The molecule has 0 aliphatic heterocycles. The topological polar surface area (TPSA) is 24.9 Å². The Morgan fingerprint density at radius 1 is 1.54 bits per heavy atom. The van der Waals surface area contributed by atoms with Gasteiger partial charge in [-0.2, -0.15) is 13.2 Å². The van der Waals surface area contributed by atoms with Crippen LogP contribution in [0.2, 0.25) is 0 Å². The largest absolute Gasteiger partial charge is 0.443 e. The summed E-state index contributed by atoms with van der Waals surface area (Å²) in [5.41, 5.74) is 0. The molecule has 0 saturated carbocycles. The Labute approximate surface area is 77.8 Å². The average molecular weight is 210 g/mol. The molecule has 0 unspecified atom stereocenters. The molecule has 0 amide bonds. The van der Waals surface area contributed by atoms with Crippen molar-refractivity contribution in [2.45, 2.75) is 19.6 Å². The molecule has 0 aliphatic rings. The molecule has 1 aromatic heterocycles. The molecule has 0 radical (unpaired) electrons. The van der Waals surface area contributed by atoms with Crippen LogP contribution in [-0.2, 0) is 12.7 Å². The van der Waals surface area contributed by atoms with Crippen LogP contribution in [-0.4, -0.2) is 11.5 Å². The average Bonchev–Trinajstić information content (AvgIpc) is 2.47. The van der Waals surface area contributed by atoms with Gasteiger partial charge in [-0.05, 0) is 6.54 Å². The van der Waals surface area contributed by atoms with Gasteiger partial charge in [0.1, 0.15) is 0 Å². The van der Waals surface area contributed by atoms with Gasteiger partial charge in [0, 0.05) is 17.6 Å². The van der Waals surface area contributed by atoms with Crippen molar-refractivity contribution in [2.75, 3.05) is 6.54 Å². The normalized spacial score (nSPS) is 12.0. The van der Waals surface area contributed by atoms with Crippen molar-refractivity contribution in [3.63, 3.8) is 0 Å². The van der Waals surface area contributed by atoms with Crippen molar-refractivity contribution >= 4 is 11.3 Å². The summed E-state index contributed by atoms with van der Waals surface area (Å²) < 4.78 is 36.2. The highest BCUT2D eigenvalue weighted by atomic mass is 32.1. The van der Waals surface area contributed by atoms with E-state index in [2.05, 4.69) is 10.3 Å². The lowest BCUT2D eigenvalue weighted by Gasteiger charge is -1.99. The predicted molar refractivity (Wildman–Crippen MR) is 44.5 cm³/mol. The molecule has 0 aliphatic carbocycles. The summed E-state index contributed by atoms with van der Waals surface area (Å²) in [6.07, 6.45) is -3.05. The summed E-state index contributed by atoms with van der Waals surface area (Å²) in [6.45, 7) is 3.08. The summed E-state index contributed by atoms with van der Waals surface area (Å²) >= 11 is 0.681. The van der Waals surface area contributed by atoms with Gasteiger partial charge < -0.3 is 5.32 Å². The van der Waals surface area contributed by atoms with Crippen LogP contribution in [0.3, 0.4) is 0 Å². The maximum atomic E-state index is 12.1. The fourth-order valence-corrected chi connectivity index (χ4v) is 1.52. The Bertz CT molecular complexity index is 269. The van der Waals surface area contributed by atoms with E-state index in [9.17, 15) is 13.2 Å². The standard InChI is InChI=1S/C7H9F3N2S/c1-2-11-3-5-4-12-6(13-5)7(8,9)10/h4,11H,2-3H2,1H3. The molecule has 1 aromatic rings. The number of nitrogens with one attached hydrogen (secondary N) is 1. The molecule has 0 saturated heterocycles. The van der Waals surface area contributed by atoms with Crippen molar-refractivity contribution in [2.24, 2.45) is 0 Å². The van der Waals surface area contributed by atoms with E-state index < -0.39 is 11.2 Å². The summed E-state index contributed by atoms with van der Waals surface area (Å²) in [4.78, 5) is 3.90. The van der Waals surface area contributed by atoms with E-state index in [0.29, 0.717) is 22.8 Å². The number of nitrogens with zero attached hydrogens (tertiary/aromatic N) is 1. The number of hydrogen-bond donors (Lipinski definition) is 1. The van der Waals surface area contributed by atoms with Crippen LogP contribution < -0.4 is 5.32 Å². The lowest BCUT2D eigenvalue weighted by atomic mass is 10.5. The van der Waals surface area contributed by atoms with Gasteiger partial charge in [0.15, 0.2) is 5.01 Å². The third-order valence-corrected chi connectivity index (χ3v) is 2.39. The van der Waals surface area contributed by atoms with Crippen molar-refractivity contribution < 1.29 is 13.2 Å². The van der Waals surface area contributed by atoms with Crippen LogP contribution in [0, 0.1) is 0 Å². The molecular weight excluding hydrogens is 201 g/mol.